The molecule has 112 valence electrons. The van der Waals surface area contributed by atoms with E-state index < -0.39 is 0 Å². The fourth-order valence-electron chi connectivity index (χ4n) is 3.85. The largest absolute Gasteiger partial charge is 0.329 e. The van der Waals surface area contributed by atoms with Gasteiger partial charge in [-0.2, -0.15) is 0 Å². The molecule has 0 bridgehead atoms. The van der Waals surface area contributed by atoms with Crippen LogP contribution in [-0.4, -0.2) is 54.6 Å². The molecule has 3 heteroatoms. The molecule has 1 aliphatic heterocycles. The van der Waals surface area contributed by atoms with Crippen LogP contribution in [0.25, 0.3) is 0 Å². The van der Waals surface area contributed by atoms with E-state index in [0.717, 1.165) is 12.5 Å². The fourth-order valence-corrected chi connectivity index (χ4v) is 3.85. The summed E-state index contributed by atoms with van der Waals surface area (Å²) in [6, 6.07) is 0. The zero-order valence-corrected chi connectivity index (χ0v) is 13.0. The molecule has 2 rings (SSSR count). The van der Waals surface area contributed by atoms with Gasteiger partial charge in [0.1, 0.15) is 0 Å². The van der Waals surface area contributed by atoms with Crippen molar-refractivity contribution in [1.29, 1.82) is 0 Å². The maximum atomic E-state index is 6.25. The molecule has 2 fully saturated rings. The lowest BCUT2D eigenvalue weighted by atomic mass is 9.82. The monoisotopic (exact) mass is 267 g/mol. The third-order valence-electron chi connectivity index (χ3n) is 5.59. The van der Waals surface area contributed by atoms with Gasteiger partial charge in [-0.25, -0.2) is 0 Å². The second-order valence-corrected chi connectivity index (χ2v) is 6.55. The maximum absolute atomic E-state index is 6.25. The Morgan fingerprint density at radius 2 is 1.95 bits per heavy atom. The average Bonchev–Trinajstić information content (AvgIpc) is 2.60. The molecule has 1 saturated carbocycles. The Morgan fingerprint density at radius 1 is 1.16 bits per heavy atom. The minimum Gasteiger partial charge on any atom is -0.329 e. The van der Waals surface area contributed by atoms with Crippen molar-refractivity contribution < 1.29 is 0 Å². The second kappa shape index (κ2) is 7.05. The Morgan fingerprint density at radius 3 is 2.47 bits per heavy atom. The molecule has 1 heterocycles. The van der Waals surface area contributed by atoms with Gasteiger partial charge in [-0.3, -0.25) is 4.90 Å². The van der Waals surface area contributed by atoms with Crippen LogP contribution in [0.2, 0.25) is 0 Å². The van der Waals surface area contributed by atoms with Crippen LogP contribution >= 0.6 is 0 Å². The molecule has 0 amide bonds. The predicted octanol–water partition coefficient (Wildman–Crippen LogP) is 2.31. The standard InChI is InChI=1S/C16H33N3/c1-3-18-11-6-9-16(14-17,10-12-18)19(4-2)13-15-7-5-8-15/h15H,3-14,17H2,1-2H3. The first-order chi connectivity index (χ1) is 9.24. The number of rotatable bonds is 6. The van der Waals surface area contributed by atoms with Crippen molar-refractivity contribution in [3.63, 3.8) is 0 Å². The third kappa shape index (κ3) is 3.50. The second-order valence-electron chi connectivity index (χ2n) is 6.55. The lowest BCUT2D eigenvalue weighted by molar-refractivity contribution is 0.0513. The van der Waals surface area contributed by atoms with Crippen LogP contribution < -0.4 is 5.73 Å². The molecular formula is C16H33N3. The van der Waals surface area contributed by atoms with Crippen molar-refractivity contribution in [3.8, 4) is 0 Å². The molecule has 0 radical (unpaired) electrons. The number of hydrogen-bond acceptors (Lipinski definition) is 3. The number of likely N-dealkylation sites (N-methyl/N-ethyl adjacent to an activating group) is 1. The molecule has 1 saturated heterocycles. The van der Waals surface area contributed by atoms with E-state index in [4.69, 9.17) is 5.73 Å². The summed E-state index contributed by atoms with van der Waals surface area (Å²) in [6.45, 7) is 11.6. The molecule has 3 nitrogen and oxygen atoms in total. The van der Waals surface area contributed by atoms with E-state index in [2.05, 4.69) is 23.6 Å². The van der Waals surface area contributed by atoms with Gasteiger partial charge in [0.2, 0.25) is 0 Å². The first-order valence-corrected chi connectivity index (χ1v) is 8.41. The molecule has 1 aliphatic carbocycles. The molecule has 0 aromatic rings. The maximum Gasteiger partial charge on any atom is 0.0344 e. The topological polar surface area (TPSA) is 32.5 Å². The van der Waals surface area contributed by atoms with Gasteiger partial charge in [0.05, 0.1) is 0 Å². The summed E-state index contributed by atoms with van der Waals surface area (Å²) in [5.74, 6) is 0.953. The molecule has 2 N–H and O–H groups in total. The van der Waals surface area contributed by atoms with Gasteiger partial charge >= 0.3 is 0 Å². The van der Waals surface area contributed by atoms with E-state index in [1.165, 1.54) is 71.2 Å². The van der Waals surface area contributed by atoms with E-state index >= 15 is 0 Å². The highest BCUT2D eigenvalue weighted by Gasteiger charge is 2.37. The summed E-state index contributed by atoms with van der Waals surface area (Å²) in [4.78, 5) is 5.32. The Balaban J connectivity index is 2.00. The van der Waals surface area contributed by atoms with E-state index in [-0.39, 0.29) is 5.54 Å². The van der Waals surface area contributed by atoms with Crippen molar-refractivity contribution in [1.82, 2.24) is 9.80 Å². The fraction of sp³-hybridized carbons (Fsp3) is 1.00. The lowest BCUT2D eigenvalue weighted by Crippen LogP contribution is -2.56. The van der Waals surface area contributed by atoms with E-state index in [1.54, 1.807) is 0 Å². The minimum atomic E-state index is 0.286. The molecule has 1 atom stereocenters. The van der Waals surface area contributed by atoms with E-state index in [1.807, 2.05) is 0 Å². The molecule has 0 aromatic carbocycles. The number of nitrogens with zero attached hydrogens (tertiary/aromatic N) is 2. The molecule has 0 aromatic heterocycles. The Labute approximate surface area is 119 Å². The van der Waals surface area contributed by atoms with Gasteiger partial charge in [0, 0.05) is 18.6 Å². The number of nitrogens with two attached hydrogens (primary N) is 1. The predicted molar refractivity (Wildman–Crippen MR) is 82.3 cm³/mol. The smallest absolute Gasteiger partial charge is 0.0344 e. The molecule has 1 unspecified atom stereocenters. The minimum absolute atomic E-state index is 0.286. The van der Waals surface area contributed by atoms with Crippen LogP contribution in [0.1, 0.15) is 52.4 Å². The Hall–Kier alpha value is -0.120. The van der Waals surface area contributed by atoms with Crippen molar-refractivity contribution in [3.05, 3.63) is 0 Å². The average molecular weight is 267 g/mol. The van der Waals surface area contributed by atoms with Crippen LogP contribution in [0.3, 0.4) is 0 Å². The first kappa shape index (κ1) is 15.3. The Bertz CT molecular complexity index is 265. The van der Waals surface area contributed by atoms with Crippen LogP contribution in [0.5, 0.6) is 0 Å². The van der Waals surface area contributed by atoms with Gasteiger partial charge in [-0.1, -0.05) is 20.3 Å². The quantitative estimate of drug-likeness (QED) is 0.801. The molecule has 19 heavy (non-hydrogen) atoms. The molecule has 0 spiro atoms. The van der Waals surface area contributed by atoms with E-state index in [9.17, 15) is 0 Å². The third-order valence-corrected chi connectivity index (χ3v) is 5.59. The van der Waals surface area contributed by atoms with Crippen LogP contribution in [0, 0.1) is 5.92 Å². The van der Waals surface area contributed by atoms with Crippen LogP contribution in [0.15, 0.2) is 0 Å². The zero-order chi connectivity index (χ0) is 13.7. The Kier molecular flexibility index (Phi) is 5.67. The lowest BCUT2D eigenvalue weighted by Gasteiger charge is -2.45. The van der Waals surface area contributed by atoms with Gasteiger partial charge in [-0.15, -0.1) is 0 Å². The normalized spacial score (nSPS) is 30.3. The summed E-state index contributed by atoms with van der Waals surface area (Å²) < 4.78 is 0. The number of likely N-dealkylation sites (tertiary alicyclic amines) is 1. The van der Waals surface area contributed by atoms with Crippen LogP contribution in [-0.2, 0) is 0 Å². The van der Waals surface area contributed by atoms with Crippen LogP contribution in [0.4, 0.5) is 0 Å². The van der Waals surface area contributed by atoms with Crippen molar-refractivity contribution >= 4 is 0 Å². The van der Waals surface area contributed by atoms with Gasteiger partial charge in [0.25, 0.3) is 0 Å². The van der Waals surface area contributed by atoms with Crippen molar-refractivity contribution in [2.45, 2.75) is 57.9 Å². The summed E-state index contributed by atoms with van der Waals surface area (Å²) in [7, 11) is 0. The zero-order valence-electron chi connectivity index (χ0n) is 13.0. The summed E-state index contributed by atoms with van der Waals surface area (Å²) in [5, 5.41) is 0. The molecular weight excluding hydrogens is 234 g/mol. The van der Waals surface area contributed by atoms with Gasteiger partial charge in [-0.05, 0) is 64.2 Å². The van der Waals surface area contributed by atoms with Gasteiger partial charge < -0.3 is 10.6 Å². The summed E-state index contributed by atoms with van der Waals surface area (Å²) in [6.07, 6.45) is 8.20. The van der Waals surface area contributed by atoms with Gasteiger partial charge in [0.15, 0.2) is 0 Å². The first-order valence-electron chi connectivity index (χ1n) is 8.41. The molecule has 2 aliphatic rings. The summed E-state index contributed by atoms with van der Waals surface area (Å²) in [5.41, 5.74) is 6.53. The highest BCUT2D eigenvalue weighted by Crippen LogP contribution is 2.33. The summed E-state index contributed by atoms with van der Waals surface area (Å²) >= 11 is 0. The highest BCUT2D eigenvalue weighted by atomic mass is 15.2. The van der Waals surface area contributed by atoms with E-state index in [0.29, 0.717) is 0 Å². The SMILES string of the molecule is CCN1CCCC(CN)(N(CC)CC2CCC2)CC1. The van der Waals surface area contributed by atoms with Crippen molar-refractivity contribution in [2.24, 2.45) is 11.7 Å². The van der Waals surface area contributed by atoms with Crippen molar-refractivity contribution in [2.75, 3.05) is 39.3 Å². The highest BCUT2D eigenvalue weighted by molar-refractivity contribution is 4.95. The number of hydrogen-bond donors (Lipinski definition) is 1.